The van der Waals surface area contributed by atoms with Gasteiger partial charge in [0.2, 0.25) is 0 Å². The number of para-hydroxylation sites is 1. The SMILES string of the molecule is COc1ccccc1CCNc1cc(Br)ccc1C(N)=S. The number of nitrogens with one attached hydrogen (secondary N) is 1. The molecule has 110 valence electrons. The zero-order valence-corrected chi connectivity index (χ0v) is 14.1. The molecule has 0 fully saturated rings. The van der Waals surface area contributed by atoms with Crippen LogP contribution in [0.15, 0.2) is 46.9 Å². The molecule has 0 aliphatic carbocycles. The molecule has 5 heteroatoms. The molecule has 0 amide bonds. The molecule has 0 heterocycles. The van der Waals surface area contributed by atoms with Gasteiger partial charge in [-0.25, -0.2) is 0 Å². The lowest BCUT2D eigenvalue weighted by Crippen LogP contribution is -2.14. The molecular weight excluding hydrogens is 348 g/mol. The lowest BCUT2D eigenvalue weighted by Gasteiger charge is -2.13. The van der Waals surface area contributed by atoms with Gasteiger partial charge in [-0.3, -0.25) is 0 Å². The van der Waals surface area contributed by atoms with Crippen molar-refractivity contribution in [3.63, 3.8) is 0 Å². The summed E-state index contributed by atoms with van der Waals surface area (Å²) >= 11 is 8.54. The van der Waals surface area contributed by atoms with Crippen LogP contribution >= 0.6 is 28.1 Å². The molecule has 0 bridgehead atoms. The maximum absolute atomic E-state index is 5.75. The van der Waals surface area contributed by atoms with Crippen molar-refractivity contribution in [3.8, 4) is 5.75 Å². The Bertz CT molecular complexity index is 646. The van der Waals surface area contributed by atoms with Crippen LogP contribution in [0, 0.1) is 0 Å². The molecule has 21 heavy (non-hydrogen) atoms. The van der Waals surface area contributed by atoms with Crippen LogP contribution < -0.4 is 15.8 Å². The smallest absolute Gasteiger partial charge is 0.122 e. The van der Waals surface area contributed by atoms with E-state index in [1.807, 2.05) is 36.4 Å². The molecule has 2 aromatic carbocycles. The number of rotatable bonds is 6. The number of halogens is 1. The minimum absolute atomic E-state index is 0.391. The second-order valence-corrected chi connectivity index (χ2v) is 5.90. The van der Waals surface area contributed by atoms with Crippen molar-refractivity contribution in [1.82, 2.24) is 0 Å². The number of methoxy groups -OCH3 is 1. The van der Waals surface area contributed by atoms with Crippen molar-refractivity contribution in [3.05, 3.63) is 58.1 Å². The van der Waals surface area contributed by atoms with Crippen molar-refractivity contribution in [2.75, 3.05) is 19.0 Å². The van der Waals surface area contributed by atoms with E-state index in [2.05, 4.69) is 27.3 Å². The lowest BCUT2D eigenvalue weighted by atomic mass is 10.1. The maximum atomic E-state index is 5.75. The number of hydrogen-bond acceptors (Lipinski definition) is 3. The Hall–Kier alpha value is -1.59. The minimum Gasteiger partial charge on any atom is -0.496 e. The summed E-state index contributed by atoms with van der Waals surface area (Å²) in [7, 11) is 1.69. The zero-order valence-electron chi connectivity index (χ0n) is 11.7. The molecule has 2 aromatic rings. The molecule has 2 rings (SSSR count). The second-order valence-electron chi connectivity index (χ2n) is 4.54. The maximum Gasteiger partial charge on any atom is 0.122 e. The highest BCUT2D eigenvalue weighted by atomic mass is 79.9. The summed E-state index contributed by atoms with van der Waals surface area (Å²) in [5, 5.41) is 3.38. The first-order valence-corrected chi connectivity index (χ1v) is 7.77. The Morgan fingerprint density at radius 2 is 2.05 bits per heavy atom. The van der Waals surface area contributed by atoms with Crippen molar-refractivity contribution < 1.29 is 4.74 Å². The van der Waals surface area contributed by atoms with Gasteiger partial charge in [0.1, 0.15) is 10.7 Å². The Morgan fingerprint density at radius 3 is 2.76 bits per heavy atom. The van der Waals surface area contributed by atoms with Gasteiger partial charge in [0.05, 0.1) is 7.11 Å². The molecule has 0 aliphatic heterocycles. The van der Waals surface area contributed by atoms with E-state index in [1.54, 1.807) is 7.11 Å². The number of anilines is 1. The van der Waals surface area contributed by atoms with Gasteiger partial charge in [0, 0.05) is 22.3 Å². The summed E-state index contributed by atoms with van der Waals surface area (Å²) < 4.78 is 6.34. The number of benzene rings is 2. The normalized spacial score (nSPS) is 10.2. The average molecular weight is 365 g/mol. The Balaban J connectivity index is 2.07. The van der Waals surface area contributed by atoms with Gasteiger partial charge < -0.3 is 15.8 Å². The number of hydrogen-bond donors (Lipinski definition) is 2. The highest BCUT2D eigenvalue weighted by Gasteiger charge is 2.06. The largest absolute Gasteiger partial charge is 0.496 e. The highest BCUT2D eigenvalue weighted by molar-refractivity contribution is 9.10. The van der Waals surface area contributed by atoms with E-state index in [4.69, 9.17) is 22.7 Å². The van der Waals surface area contributed by atoms with Crippen LogP contribution in [0.2, 0.25) is 0 Å². The third kappa shape index (κ3) is 4.19. The summed E-state index contributed by atoms with van der Waals surface area (Å²) in [6.45, 7) is 0.770. The van der Waals surface area contributed by atoms with Gasteiger partial charge in [-0.1, -0.05) is 46.3 Å². The summed E-state index contributed by atoms with van der Waals surface area (Å²) in [6, 6.07) is 13.8. The van der Waals surface area contributed by atoms with E-state index in [0.717, 1.165) is 34.4 Å². The van der Waals surface area contributed by atoms with Crippen LogP contribution in [-0.4, -0.2) is 18.6 Å². The van der Waals surface area contributed by atoms with E-state index < -0.39 is 0 Å². The molecule has 3 N–H and O–H groups in total. The lowest BCUT2D eigenvalue weighted by molar-refractivity contribution is 0.410. The fraction of sp³-hybridized carbons (Fsp3) is 0.188. The Kier molecular flexibility index (Phi) is 5.59. The van der Waals surface area contributed by atoms with Crippen LogP contribution in [0.5, 0.6) is 5.75 Å². The molecular formula is C16H17BrN2OS. The number of nitrogens with two attached hydrogens (primary N) is 1. The quantitative estimate of drug-likeness (QED) is 0.766. The molecule has 0 unspecified atom stereocenters. The molecule has 0 saturated carbocycles. The fourth-order valence-electron chi connectivity index (χ4n) is 2.12. The molecule has 0 radical (unpaired) electrons. The molecule has 0 aromatic heterocycles. The number of ether oxygens (including phenoxy) is 1. The van der Waals surface area contributed by atoms with Gasteiger partial charge in [0.15, 0.2) is 0 Å². The molecule has 0 saturated heterocycles. The summed E-state index contributed by atoms with van der Waals surface area (Å²) in [4.78, 5) is 0.391. The standard InChI is InChI=1S/C16H17BrN2OS/c1-20-15-5-3-2-4-11(15)8-9-19-14-10-12(17)6-7-13(14)16(18)21/h2-7,10,19H,8-9H2,1H3,(H2,18,21). The third-order valence-corrected chi connectivity index (χ3v) is 3.86. The van der Waals surface area contributed by atoms with Crippen molar-refractivity contribution in [1.29, 1.82) is 0 Å². The van der Waals surface area contributed by atoms with E-state index >= 15 is 0 Å². The molecule has 0 spiro atoms. The predicted molar refractivity (Wildman–Crippen MR) is 95.2 cm³/mol. The van der Waals surface area contributed by atoms with E-state index in [-0.39, 0.29) is 0 Å². The first-order valence-electron chi connectivity index (χ1n) is 6.57. The van der Waals surface area contributed by atoms with Crippen LogP contribution in [0.1, 0.15) is 11.1 Å². The fourth-order valence-corrected chi connectivity index (χ4v) is 2.66. The Labute approximate surface area is 138 Å². The number of thiocarbonyl (C=S) groups is 1. The minimum atomic E-state index is 0.391. The monoisotopic (exact) mass is 364 g/mol. The first kappa shape index (κ1) is 15.8. The summed E-state index contributed by atoms with van der Waals surface area (Å²) in [5.41, 5.74) is 8.71. The summed E-state index contributed by atoms with van der Waals surface area (Å²) in [5.74, 6) is 0.906. The van der Waals surface area contributed by atoms with Crippen molar-refractivity contribution in [2.45, 2.75) is 6.42 Å². The van der Waals surface area contributed by atoms with E-state index in [0.29, 0.717) is 4.99 Å². The van der Waals surface area contributed by atoms with Crippen LogP contribution in [0.4, 0.5) is 5.69 Å². The van der Waals surface area contributed by atoms with Crippen molar-refractivity contribution in [2.24, 2.45) is 5.73 Å². The van der Waals surface area contributed by atoms with E-state index in [9.17, 15) is 0 Å². The predicted octanol–water partition coefficient (Wildman–Crippen LogP) is 3.75. The zero-order chi connectivity index (χ0) is 15.2. The topological polar surface area (TPSA) is 47.3 Å². The Morgan fingerprint density at radius 1 is 1.29 bits per heavy atom. The van der Waals surface area contributed by atoms with Gasteiger partial charge in [-0.2, -0.15) is 0 Å². The molecule has 3 nitrogen and oxygen atoms in total. The van der Waals surface area contributed by atoms with Crippen LogP contribution in [0.3, 0.4) is 0 Å². The van der Waals surface area contributed by atoms with Crippen LogP contribution in [-0.2, 0) is 6.42 Å². The van der Waals surface area contributed by atoms with Gasteiger partial charge in [-0.15, -0.1) is 0 Å². The van der Waals surface area contributed by atoms with Gasteiger partial charge in [0.25, 0.3) is 0 Å². The summed E-state index contributed by atoms with van der Waals surface area (Å²) in [6.07, 6.45) is 0.854. The third-order valence-electron chi connectivity index (χ3n) is 3.15. The highest BCUT2D eigenvalue weighted by Crippen LogP contribution is 2.22. The van der Waals surface area contributed by atoms with Crippen LogP contribution in [0.25, 0.3) is 0 Å². The van der Waals surface area contributed by atoms with Gasteiger partial charge in [-0.05, 0) is 36.2 Å². The van der Waals surface area contributed by atoms with Gasteiger partial charge >= 0.3 is 0 Å². The van der Waals surface area contributed by atoms with E-state index in [1.165, 1.54) is 5.56 Å². The molecule has 0 atom stereocenters. The van der Waals surface area contributed by atoms with Crippen molar-refractivity contribution >= 4 is 38.8 Å². The average Bonchev–Trinajstić information content (AvgIpc) is 2.47. The second kappa shape index (κ2) is 7.43. The molecule has 0 aliphatic rings. The first-order chi connectivity index (χ1) is 10.1.